The van der Waals surface area contributed by atoms with Crippen LogP contribution in [0.25, 0.3) is 0 Å². The van der Waals surface area contributed by atoms with Crippen molar-refractivity contribution in [1.29, 1.82) is 0 Å². The Morgan fingerprint density at radius 2 is 1.60 bits per heavy atom. The number of phenolic OH excluding ortho intramolecular Hbond substituents is 1. The minimum atomic E-state index is -0.177. The van der Waals surface area contributed by atoms with Gasteiger partial charge in [-0.05, 0) is 24.1 Å². The molecule has 2 aromatic rings. The van der Waals surface area contributed by atoms with Crippen LogP contribution in [0.5, 0.6) is 5.75 Å². The third kappa shape index (κ3) is 4.57. The normalized spacial score (nSPS) is 15.3. The first-order chi connectivity index (χ1) is 12.1. The molecule has 0 bridgehead atoms. The van der Waals surface area contributed by atoms with E-state index in [1.807, 2.05) is 23.1 Å². The topological polar surface area (TPSA) is 43.8 Å². The van der Waals surface area contributed by atoms with Crippen LogP contribution in [-0.2, 0) is 17.8 Å². The molecule has 4 nitrogen and oxygen atoms in total. The van der Waals surface area contributed by atoms with Crippen molar-refractivity contribution in [3.8, 4) is 5.75 Å². The van der Waals surface area contributed by atoms with Crippen LogP contribution >= 0.6 is 0 Å². The molecule has 0 unspecified atom stereocenters. The lowest BCUT2D eigenvalue weighted by Gasteiger charge is -2.35. The lowest BCUT2D eigenvalue weighted by molar-refractivity contribution is -0.133. The molecule has 5 heteroatoms. The zero-order valence-electron chi connectivity index (χ0n) is 14.2. The summed E-state index contributed by atoms with van der Waals surface area (Å²) in [4.78, 5) is 16.4. The van der Waals surface area contributed by atoms with E-state index in [1.165, 1.54) is 6.07 Å². The Bertz CT molecular complexity index is 727. The summed E-state index contributed by atoms with van der Waals surface area (Å²) in [5, 5.41) is 9.77. The van der Waals surface area contributed by atoms with Crippen LogP contribution in [0.1, 0.15) is 17.5 Å². The molecule has 1 aliphatic rings. The third-order valence-corrected chi connectivity index (χ3v) is 4.68. The molecule has 1 saturated heterocycles. The number of nitrogens with zero attached hydrogens (tertiary/aromatic N) is 2. The van der Waals surface area contributed by atoms with E-state index in [0.29, 0.717) is 38.0 Å². The second kappa shape index (κ2) is 8.12. The van der Waals surface area contributed by atoms with Gasteiger partial charge in [0.2, 0.25) is 5.91 Å². The SMILES string of the molecule is O=C(CCc1ccccc1O)N1CCN(Cc2ccccc2F)CC1. The van der Waals surface area contributed by atoms with Crippen LogP contribution in [0.3, 0.4) is 0 Å². The molecule has 0 saturated carbocycles. The summed E-state index contributed by atoms with van der Waals surface area (Å²) in [7, 11) is 0. The largest absolute Gasteiger partial charge is 0.508 e. The fourth-order valence-corrected chi connectivity index (χ4v) is 3.14. The van der Waals surface area contributed by atoms with Gasteiger partial charge in [-0.25, -0.2) is 4.39 Å². The lowest BCUT2D eigenvalue weighted by Crippen LogP contribution is -2.48. The van der Waals surface area contributed by atoms with Gasteiger partial charge in [0.25, 0.3) is 0 Å². The zero-order chi connectivity index (χ0) is 17.6. The lowest BCUT2D eigenvalue weighted by atomic mass is 10.1. The Morgan fingerprint density at radius 1 is 0.960 bits per heavy atom. The zero-order valence-corrected chi connectivity index (χ0v) is 14.2. The summed E-state index contributed by atoms with van der Waals surface area (Å²) in [5.41, 5.74) is 1.50. The van der Waals surface area contributed by atoms with Gasteiger partial charge in [0.05, 0.1) is 0 Å². The second-order valence-electron chi connectivity index (χ2n) is 6.38. The van der Waals surface area contributed by atoms with Crippen LogP contribution in [0.4, 0.5) is 4.39 Å². The average molecular weight is 342 g/mol. The monoisotopic (exact) mass is 342 g/mol. The summed E-state index contributed by atoms with van der Waals surface area (Å²) in [5.74, 6) is 0.169. The van der Waals surface area contributed by atoms with Crippen molar-refractivity contribution in [2.75, 3.05) is 26.2 Å². The van der Waals surface area contributed by atoms with Crippen LogP contribution in [0.15, 0.2) is 48.5 Å². The van der Waals surface area contributed by atoms with Crippen molar-refractivity contribution in [2.24, 2.45) is 0 Å². The van der Waals surface area contributed by atoms with Gasteiger partial charge in [-0.1, -0.05) is 36.4 Å². The van der Waals surface area contributed by atoms with Gasteiger partial charge in [0.1, 0.15) is 11.6 Å². The molecule has 2 aromatic carbocycles. The van der Waals surface area contributed by atoms with Gasteiger partial charge in [0.15, 0.2) is 0 Å². The fraction of sp³-hybridized carbons (Fsp3) is 0.350. The van der Waals surface area contributed by atoms with Crippen LogP contribution in [-0.4, -0.2) is 47.0 Å². The number of aromatic hydroxyl groups is 1. The van der Waals surface area contributed by atoms with Crippen molar-refractivity contribution in [3.63, 3.8) is 0 Å². The van der Waals surface area contributed by atoms with Gasteiger partial charge in [0, 0.05) is 44.7 Å². The summed E-state index contributed by atoms with van der Waals surface area (Å²) in [6.07, 6.45) is 0.936. The number of hydrogen-bond acceptors (Lipinski definition) is 3. The second-order valence-corrected chi connectivity index (χ2v) is 6.38. The summed E-state index contributed by atoms with van der Waals surface area (Å²) >= 11 is 0. The van der Waals surface area contributed by atoms with Crippen molar-refractivity contribution >= 4 is 5.91 Å². The number of hydrogen-bond donors (Lipinski definition) is 1. The highest BCUT2D eigenvalue weighted by Gasteiger charge is 2.21. The highest BCUT2D eigenvalue weighted by Crippen LogP contribution is 2.18. The molecule has 1 heterocycles. The summed E-state index contributed by atoms with van der Waals surface area (Å²) < 4.78 is 13.7. The molecule has 0 aliphatic carbocycles. The predicted molar refractivity (Wildman–Crippen MR) is 94.7 cm³/mol. The highest BCUT2D eigenvalue weighted by molar-refractivity contribution is 5.76. The first-order valence-corrected chi connectivity index (χ1v) is 8.64. The number of para-hydroxylation sites is 1. The van der Waals surface area contributed by atoms with Gasteiger partial charge in [-0.3, -0.25) is 9.69 Å². The molecule has 0 radical (unpaired) electrons. The van der Waals surface area contributed by atoms with Crippen molar-refractivity contribution in [2.45, 2.75) is 19.4 Å². The van der Waals surface area contributed by atoms with E-state index in [2.05, 4.69) is 4.90 Å². The van der Waals surface area contributed by atoms with Gasteiger partial charge >= 0.3 is 0 Å². The van der Waals surface area contributed by atoms with Crippen LogP contribution < -0.4 is 0 Å². The smallest absolute Gasteiger partial charge is 0.222 e. The number of benzene rings is 2. The predicted octanol–water partition coefficient (Wildman–Crippen LogP) is 2.81. The van der Waals surface area contributed by atoms with Crippen molar-refractivity contribution in [3.05, 3.63) is 65.5 Å². The van der Waals surface area contributed by atoms with Gasteiger partial charge < -0.3 is 10.0 Å². The molecule has 3 rings (SSSR count). The number of aryl methyl sites for hydroxylation is 1. The number of phenols is 1. The van der Waals surface area contributed by atoms with Gasteiger partial charge in [-0.15, -0.1) is 0 Å². The molecular formula is C20H23FN2O2. The quantitative estimate of drug-likeness (QED) is 0.909. The minimum absolute atomic E-state index is 0.105. The van der Waals surface area contributed by atoms with E-state index in [4.69, 9.17) is 0 Å². The molecule has 1 fully saturated rings. The molecule has 25 heavy (non-hydrogen) atoms. The number of amides is 1. The summed E-state index contributed by atoms with van der Waals surface area (Å²) in [6, 6.07) is 13.9. The Morgan fingerprint density at radius 3 is 2.28 bits per heavy atom. The number of carbonyl (C=O) groups excluding carboxylic acids is 1. The number of halogens is 1. The Hall–Kier alpha value is -2.40. The molecule has 0 aromatic heterocycles. The standard InChI is InChI=1S/C20H23FN2O2/c21-18-7-3-1-6-17(18)15-22-11-13-23(14-12-22)20(25)10-9-16-5-2-4-8-19(16)24/h1-8,24H,9-15H2. The third-order valence-electron chi connectivity index (χ3n) is 4.68. The first kappa shape index (κ1) is 17.4. The maximum absolute atomic E-state index is 13.7. The Balaban J connectivity index is 1.46. The Kier molecular flexibility index (Phi) is 5.66. The highest BCUT2D eigenvalue weighted by atomic mass is 19.1. The van der Waals surface area contributed by atoms with E-state index < -0.39 is 0 Å². The average Bonchev–Trinajstić information content (AvgIpc) is 2.63. The molecule has 1 N–H and O–H groups in total. The first-order valence-electron chi connectivity index (χ1n) is 8.64. The maximum atomic E-state index is 13.7. The Labute approximate surface area is 147 Å². The molecule has 0 atom stereocenters. The van der Waals surface area contributed by atoms with Gasteiger partial charge in [-0.2, -0.15) is 0 Å². The van der Waals surface area contributed by atoms with Crippen molar-refractivity contribution < 1.29 is 14.3 Å². The number of carbonyl (C=O) groups is 1. The molecule has 0 spiro atoms. The maximum Gasteiger partial charge on any atom is 0.222 e. The van der Waals surface area contributed by atoms with E-state index in [0.717, 1.165) is 18.7 Å². The fourth-order valence-electron chi connectivity index (χ4n) is 3.14. The number of rotatable bonds is 5. The van der Waals surface area contributed by atoms with E-state index in [9.17, 15) is 14.3 Å². The van der Waals surface area contributed by atoms with E-state index in [1.54, 1.807) is 24.3 Å². The molecular weight excluding hydrogens is 319 g/mol. The van der Waals surface area contributed by atoms with Crippen molar-refractivity contribution in [1.82, 2.24) is 9.80 Å². The molecule has 1 amide bonds. The van der Waals surface area contributed by atoms with Crippen LogP contribution in [0, 0.1) is 5.82 Å². The molecule has 132 valence electrons. The van der Waals surface area contributed by atoms with Crippen LogP contribution in [0.2, 0.25) is 0 Å². The number of piperazine rings is 1. The minimum Gasteiger partial charge on any atom is -0.508 e. The summed E-state index contributed by atoms with van der Waals surface area (Å²) in [6.45, 7) is 3.39. The molecule has 1 aliphatic heterocycles. The van der Waals surface area contributed by atoms with E-state index in [-0.39, 0.29) is 17.5 Å². The van der Waals surface area contributed by atoms with E-state index >= 15 is 0 Å².